The fourth-order valence-corrected chi connectivity index (χ4v) is 3.35. The minimum Gasteiger partial charge on any atom is -0.478 e. The molecule has 9 heteroatoms. The number of anilines is 1. The molecular formula is C22H16Cl2N2O4S. The van der Waals surface area contributed by atoms with Crippen LogP contribution < -0.4 is 10.6 Å². The van der Waals surface area contributed by atoms with Crippen LogP contribution in [0.2, 0.25) is 10.0 Å². The first-order valence-electron chi connectivity index (χ1n) is 8.93. The number of nitrogens with one attached hydrogen (secondary N) is 2. The van der Waals surface area contributed by atoms with E-state index < -0.39 is 11.9 Å². The van der Waals surface area contributed by atoms with Crippen molar-refractivity contribution in [3.63, 3.8) is 0 Å². The van der Waals surface area contributed by atoms with Crippen LogP contribution in [-0.2, 0) is 4.79 Å². The van der Waals surface area contributed by atoms with Gasteiger partial charge in [0.2, 0.25) is 5.91 Å². The molecule has 158 valence electrons. The molecule has 31 heavy (non-hydrogen) atoms. The van der Waals surface area contributed by atoms with Crippen LogP contribution in [0, 0.1) is 6.92 Å². The third kappa shape index (κ3) is 5.52. The molecule has 2 aromatic carbocycles. The summed E-state index contributed by atoms with van der Waals surface area (Å²) in [5.41, 5.74) is 1.78. The van der Waals surface area contributed by atoms with E-state index >= 15 is 0 Å². The number of thiocarbonyl (C=S) groups is 1. The molecule has 3 rings (SSSR count). The summed E-state index contributed by atoms with van der Waals surface area (Å²) in [6.07, 6.45) is 2.74. The molecule has 0 aliphatic heterocycles. The van der Waals surface area contributed by atoms with Gasteiger partial charge in [-0.2, -0.15) is 0 Å². The van der Waals surface area contributed by atoms with E-state index in [9.17, 15) is 14.7 Å². The number of carbonyl (C=O) groups is 2. The van der Waals surface area contributed by atoms with Crippen molar-refractivity contribution in [2.75, 3.05) is 5.32 Å². The maximum absolute atomic E-state index is 12.2. The molecule has 0 saturated heterocycles. The fraction of sp³-hybridized carbons (Fsp3) is 0.0455. The van der Waals surface area contributed by atoms with Crippen molar-refractivity contribution in [2.24, 2.45) is 0 Å². The molecule has 6 nitrogen and oxygen atoms in total. The van der Waals surface area contributed by atoms with Crippen molar-refractivity contribution in [2.45, 2.75) is 6.92 Å². The van der Waals surface area contributed by atoms with Gasteiger partial charge in [0, 0.05) is 17.3 Å². The predicted octanol–water partition coefficient (Wildman–Crippen LogP) is 5.79. The summed E-state index contributed by atoms with van der Waals surface area (Å²) in [6.45, 7) is 1.65. The van der Waals surface area contributed by atoms with Crippen molar-refractivity contribution >= 4 is 64.2 Å². The van der Waals surface area contributed by atoms with Crippen molar-refractivity contribution in [1.82, 2.24) is 5.32 Å². The summed E-state index contributed by atoms with van der Waals surface area (Å²) in [4.78, 5) is 23.4. The third-order valence-electron chi connectivity index (χ3n) is 4.29. The van der Waals surface area contributed by atoms with E-state index in [2.05, 4.69) is 10.6 Å². The molecule has 0 aliphatic carbocycles. The number of aromatic carboxylic acids is 1. The van der Waals surface area contributed by atoms with Crippen molar-refractivity contribution in [3.8, 4) is 11.3 Å². The lowest BCUT2D eigenvalue weighted by atomic mass is 10.1. The van der Waals surface area contributed by atoms with E-state index in [1.54, 1.807) is 49.4 Å². The summed E-state index contributed by atoms with van der Waals surface area (Å²) in [7, 11) is 0. The third-order valence-corrected chi connectivity index (χ3v) is 5.31. The lowest BCUT2D eigenvalue weighted by Gasteiger charge is -2.12. The van der Waals surface area contributed by atoms with E-state index in [1.165, 1.54) is 18.2 Å². The molecule has 1 aromatic heterocycles. The second-order valence-electron chi connectivity index (χ2n) is 6.36. The number of carbonyl (C=O) groups excluding carboxylic acids is 1. The van der Waals surface area contributed by atoms with Gasteiger partial charge in [-0.05, 0) is 67.2 Å². The number of rotatable bonds is 5. The highest BCUT2D eigenvalue weighted by Gasteiger charge is 2.12. The second-order valence-corrected chi connectivity index (χ2v) is 7.56. The molecule has 0 bridgehead atoms. The SMILES string of the molecule is Cc1c(NC(=S)NC(=O)/C=C/c2ccc(-c3cccc(Cl)c3Cl)o2)cccc1C(=O)O. The van der Waals surface area contributed by atoms with Crippen molar-refractivity contribution in [1.29, 1.82) is 0 Å². The highest BCUT2D eigenvalue weighted by Crippen LogP contribution is 2.34. The number of benzene rings is 2. The zero-order chi connectivity index (χ0) is 22.5. The van der Waals surface area contributed by atoms with Gasteiger partial charge in [-0.25, -0.2) is 4.79 Å². The highest BCUT2D eigenvalue weighted by atomic mass is 35.5. The molecule has 0 aliphatic rings. The minimum absolute atomic E-state index is 0.0335. The van der Waals surface area contributed by atoms with Crippen LogP contribution >= 0.6 is 35.4 Å². The van der Waals surface area contributed by atoms with Crippen LogP contribution in [0.25, 0.3) is 17.4 Å². The monoisotopic (exact) mass is 474 g/mol. The van der Waals surface area contributed by atoms with E-state index in [0.717, 1.165) is 0 Å². The summed E-state index contributed by atoms with van der Waals surface area (Å²) in [6, 6.07) is 13.4. The zero-order valence-electron chi connectivity index (χ0n) is 16.1. The Bertz CT molecular complexity index is 1200. The lowest BCUT2D eigenvalue weighted by Crippen LogP contribution is -2.33. The van der Waals surface area contributed by atoms with Gasteiger partial charge in [-0.15, -0.1) is 0 Å². The molecule has 0 radical (unpaired) electrons. The number of amides is 1. The number of hydrogen-bond acceptors (Lipinski definition) is 4. The van der Waals surface area contributed by atoms with Crippen molar-refractivity contribution in [3.05, 3.63) is 81.5 Å². The van der Waals surface area contributed by atoms with Gasteiger partial charge in [0.25, 0.3) is 0 Å². The fourth-order valence-electron chi connectivity index (χ4n) is 2.75. The first kappa shape index (κ1) is 22.6. The normalized spacial score (nSPS) is 10.8. The molecule has 3 N–H and O–H groups in total. The lowest BCUT2D eigenvalue weighted by molar-refractivity contribution is -0.115. The Kier molecular flexibility index (Phi) is 7.12. The maximum Gasteiger partial charge on any atom is 0.336 e. The number of hydrogen-bond donors (Lipinski definition) is 3. The quantitative estimate of drug-likeness (QED) is 0.320. The number of carboxylic acids is 1. The van der Waals surface area contributed by atoms with E-state index in [4.69, 9.17) is 39.8 Å². The topological polar surface area (TPSA) is 91.6 Å². The van der Waals surface area contributed by atoms with Gasteiger partial charge >= 0.3 is 5.97 Å². The van der Waals surface area contributed by atoms with E-state index in [-0.39, 0.29) is 10.7 Å². The Labute approximate surface area is 193 Å². The summed E-state index contributed by atoms with van der Waals surface area (Å²) >= 11 is 17.4. The molecule has 0 unspecified atom stereocenters. The van der Waals surface area contributed by atoms with Gasteiger partial charge in [0.15, 0.2) is 5.11 Å². The van der Waals surface area contributed by atoms with Crippen LogP contribution in [0.1, 0.15) is 21.7 Å². The molecule has 0 spiro atoms. The van der Waals surface area contributed by atoms with E-state index in [1.807, 2.05) is 0 Å². The van der Waals surface area contributed by atoms with Gasteiger partial charge in [-0.3, -0.25) is 10.1 Å². The molecule has 0 saturated carbocycles. The molecule has 1 heterocycles. The highest BCUT2D eigenvalue weighted by molar-refractivity contribution is 7.80. The Hall–Kier alpha value is -3.13. The number of furan rings is 1. The summed E-state index contributed by atoms with van der Waals surface area (Å²) in [5, 5.41) is 15.3. The largest absolute Gasteiger partial charge is 0.478 e. The van der Waals surface area contributed by atoms with Gasteiger partial charge in [0.05, 0.1) is 15.6 Å². The molecule has 1 amide bonds. The molecule has 3 aromatic rings. The standard InChI is InChI=1S/C22H16Cl2N2O4S/c1-12-14(21(28)29)4-3-7-17(12)25-22(31)26-19(27)11-9-13-8-10-18(30-13)15-5-2-6-16(23)20(15)24/h2-11H,1H3,(H,28,29)(H2,25,26,27,31)/b11-9+. The Morgan fingerprint density at radius 1 is 1.10 bits per heavy atom. The second kappa shape index (κ2) is 9.78. The molecular weight excluding hydrogens is 459 g/mol. The van der Waals surface area contributed by atoms with Crippen molar-refractivity contribution < 1.29 is 19.1 Å². The first-order chi connectivity index (χ1) is 14.8. The van der Waals surface area contributed by atoms with Crippen LogP contribution in [0.3, 0.4) is 0 Å². The zero-order valence-corrected chi connectivity index (χ0v) is 18.4. The van der Waals surface area contributed by atoms with Crippen LogP contribution in [-0.4, -0.2) is 22.1 Å². The number of halogens is 2. The minimum atomic E-state index is -1.05. The molecule has 0 atom stereocenters. The average molecular weight is 475 g/mol. The van der Waals surface area contributed by atoms with Gasteiger partial charge < -0.3 is 14.8 Å². The van der Waals surface area contributed by atoms with Gasteiger partial charge in [0.1, 0.15) is 11.5 Å². The summed E-state index contributed by atoms with van der Waals surface area (Å²) in [5.74, 6) is -0.581. The number of carboxylic acid groups (broad SMARTS) is 1. The maximum atomic E-state index is 12.2. The Balaban J connectivity index is 1.63. The first-order valence-corrected chi connectivity index (χ1v) is 10.1. The smallest absolute Gasteiger partial charge is 0.336 e. The molecule has 0 fully saturated rings. The summed E-state index contributed by atoms with van der Waals surface area (Å²) < 4.78 is 5.69. The average Bonchev–Trinajstić information content (AvgIpc) is 3.18. The predicted molar refractivity (Wildman–Crippen MR) is 126 cm³/mol. The van der Waals surface area contributed by atoms with Crippen LogP contribution in [0.4, 0.5) is 5.69 Å². The van der Waals surface area contributed by atoms with E-state index in [0.29, 0.717) is 38.4 Å². The Morgan fingerprint density at radius 2 is 1.84 bits per heavy atom. The Morgan fingerprint density at radius 3 is 2.58 bits per heavy atom. The van der Waals surface area contributed by atoms with Gasteiger partial charge in [-0.1, -0.05) is 35.3 Å². The van der Waals surface area contributed by atoms with Crippen LogP contribution in [0.15, 0.2) is 59.0 Å². The van der Waals surface area contributed by atoms with Crippen LogP contribution in [0.5, 0.6) is 0 Å².